The highest BCUT2D eigenvalue weighted by Gasteiger charge is 2.32. The van der Waals surface area contributed by atoms with E-state index < -0.39 is 17.1 Å². The lowest BCUT2D eigenvalue weighted by molar-refractivity contribution is -0.384. The molecule has 2 rings (SSSR count). The van der Waals surface area contributed by atoms with Gasteiger partial charge in [0.25, 0.3) is 11.6 Å². The van der Waals surface area contributed by atoms with Gasteiger partial charge in [0.15, 0.2) is 6.61 Å². The molecule has 0 aromatic heterocycles. The monoisotopic (exact) mass is 266 g/mol. The molecule has 1 aromatic rings. The predicted octanol–water partition coefficient (Wildman–Crippen LogP) is 1.09. The molecule has 0 aliphatic carbocycles. The summed E-state index contributed by atoms with van der Waals surface area (Å²) >= 11 is 0. The van der Waals surface area contributed by atoms with Gasteiger partial charge in [-0.25, -0.2) is 0 Å². The minimum Gasteiger partial charge on any atom is -0.482 e. The van der Waals surface area contributed by atoms with Crippen LogP contribution in [0.15, 0.2) is 18.2 Å². The van der Waals surface area contributed by atoms with E-state index in [1.165, 1.54) is 23.1 Å². The van der Waals surface area contributed by atoms with Crippen LogP contribution in [0.1, 0.15) is 13.8 Å². The Labute approximate surface area is 109 Å². The third-order valence-corrected chi connectivity index (χ3v) is 3.14. The van der Waals surface area contributed by atoms with Crippen LogP contribution in [0.5, 0.6) is 5.75 Å². The maximum Gasteiger partial charge on any atom is 0.271 e. The van der Waals surface area contributed by atoms with Crippen LogP contribution in [0.4, 0.5) is 11.4 Å². The lowest BCUT2D eigenvalue weighted by Gasteiger charge is -2.35. The number of amides is 1. The first-order chi connectivity index (χ1) is 8.91. The normalized spacial score (nSPS) is 17.4. The number of fused-ring (bicyclic) bond motifs is 1. The smallest absolute Gasteiger partial charge is 0.271 e. The molecule has 19 heavy (non-hydrogen) atoms. The minimum absolute atomic E-state index is 0.125. The summed E-state index contributed by atoms with van der Waals surface area (Å²) in [6, 6.07) is 3.57. The fourth-order valence-corrected chi connectivity index (χ4v) is 1.94. The van der Waals surface area contributed by atoms with Gasteiger partial charge >= 0.3 is 0 Å². The number of carbonyl (C=O) groups is 1. The van der Waals surface area contributed by atoms with Crippen molar-refractivity contribution >= 4 is 17.3 Å². The molecule has 7 heteroatoms. The molecule has 0 saturated heterocycles. The second kappa shape index (κ2) is 4.85. The maximum absolute atomic E-state index is 11.9. The minimum atomic E-state index is -0.755. The van der Waals surface area contributed by atoms with Crippen LogP contribution in [0.3, 0.4) is 0 Å². The number of aliphatic hydroxyl groups is 1. The first-order valence-corrected chi connectivity index (χ1v) is 5.83. The van der Waals surface area contributed by atoms with Gasteiger partial charge in [0.1, 0.15) is 5.75 Å². The number of nitro benzene ring substituents is 1. The quantitative estimate of drug-likeness (QED) is 0.653. The lowest BCUT2D eigenvalue weighted by Crippen LogP contribution is -2.48. The first kappa shape index (κ1) is 13.3. The largest absolute Gasteiger partial charge is 0.482 e. The zero-order chi connectivity index (χ0) is 14.2. The Hall–Kier alpha value is -2.15. The fourth-order valence-electron chi connectivity index (χ4n) is 1.94. The zero-order valence-electron chi connectivity index (χ0n) is 10.6. The van der Waals surface area contributed by atoms with Gasteiger partial charge in [-0.3, -0.25) is 14.9 Å². The van der Waals surface area contributed by atoms with E-state index in [1.54, 1.807) is 13.8 Å². The molecule has 7 nitrogen and oxygen atoms in total. The maximum atomic E-state index is 11.9. The van der Waals surface area contributed by atoms with Crippen LogP contribution < -0.4 is 9.64 Å². The number of nitro groups is 1. The molecular weight excluding hydrogens is 252 g/mol. The van der Waals surface area contributed by atoms with Crippen molar-refractivity contribution in [1.29, 1.82) is 0 Å². The molecule has 1 heterocycles. The molecule has 1 N–H and O–H groups in total. The Kier molecular flexibility index (Phi) is 3.39. The van der Waals surface area contributed by atoms with E-state index in [0.717, 1.165) is 0 Å². The van der Waals surface area contributed by atoms with Gasteiger partial charge in [0, 0.05) is 12.1 Å². The van der Waals surface area contributed by atoms with E-state index in [-0.39, 0.29) is 18.2 Å². The first-order valence-electron chi connectivity index (χ1n) is 5.83. The molecule has 2 unspecified atom stereocenters. The summed E-state index contributed by atoms with van der Waals surface area (Å²) in [7, 11) is 0. The summed E-state index contributed by atoms with van der Waals surface area (Å²) in [6.07, 6.45) is -0.755. The van der Waals surface area contributed by atoms with Gasteiger partial charge in [-0.15, -0.1) is 0 Å². The summed E-state index contributed by atoms with van der Waals surface area (Å²) in [5.74, 6) is 0.0686. The standard InChI is InChI=1S/C12H14N2O5/c1-7(8(2)15)13-10-5-9(14(17)18)3-4-11(10)19-6-12(13)16/h3-5,7-8,15H,6H2,1-2H3. The van der Waals surface area contributed by atoms with Crippen molar-refractivity contribution in [3.05, 3.63) is 28.3 Å². The van der Waals surface area contributed by atoms with Gasteiger partial charge in [-0.2, -0.15) is 0 Å². The number of non-ortho nitro benzene ring substituents is 1. The zero-order valence-corrected chi connectivity index (χ0v) is 10.6. The SMILES string of the molecule is CC(O)C(C)N1C(=O)COc2ccc([N+](=O)[O-])cc21. The number of ether oxygens (including phenoxy) is 1. The average Bonchev–Trinajstić information content (AvgIpc) is 2.37. The Bertz CT molecular complexity index is 529. The molecule has 0 saturated carbocycles. The Balaban J connectivity index is 2.50. The summed E-state index contributed by atoms with van der Waals surface area (Å²) < 4.78 is 5.24. The van der Waals surface area contributed by atoms with Crippen molar-refractivity contribution in [2.24, 2.45) is 0 Å². The number of nitrogens with zero attached hydrogens (tertiary/aromatic N) is 2. The van der Waals surface area contributed by atoms with Crippen molar-refractivity contribution in [3.63, 3.8) is 0 Å². The molecule has 0 spiro atoms. The second-order valence-corrected chi connectivity index (χ2v) is 4.44. The van der Waals surface area contributed by atoms with E-state index in [1.807, 2.05) is 0 Å². The molecule has 2 atom stereocenters. The number of carbonyl (C=O) groups excluding carboxylic acids is 1. The van der Waals surface area contributed by atoms with Crippen LogP contribution in [0.2, 0.25) is 0 Å². The van der Waals surface area contributed by atoms with Gasteiger partial charge < -0.3 is 14.7 Å². The van der Waals surface area contributed by atoms with E-state index in [2.05, 4.69) is 0 Å². The van der Waals surface area contributed by atoms with Gasteiger partial charge in [-0.1, -0.05) is 0 Å². The molecule has 102 valence electrons. The van der Waals surface area contributed by atoms with Crippen LogP contribution in [-0.4, -0.2) is 34.7 Å². The fraction of sp³-hybridized carbons (Fsp3) is 0.417. The molecule has 0 fully saturated rings. The van der Waals surface area contributed by atoms with Crippen LogP contribution in [0.25, 0.3) is 0 Å². The summed E-state index contributed by atoms with van der Waals surface area (Å²) in [5.41, 5.74) is 0.193. The van der Waals surface area contributed by atoms with Crippen molar-refractivity contribution in [3.8, 4) is 5.75 Å². The number of rotatable bonds is 3. The van der Waals surface area contributed by atoms with E-state index >= 15 is 0 Å². The third kappa shape index (κ3) is 2.37. The number of anilines is 1. The Morgan fingerprint density at radius 1 is 1.47 bits per heavy atom. The van der Waals surface area contributed by atoms with Crippen LogP contribution in [-0.2, 0) is 4.79 Å². The molecule has 0 bridgehead atoms. The van der Waals surface area contributed by atoms with E-state index in [9.17, 15) is 20.0 Å². The van der Waals surface area contributed by atoms with Crippen molar-refractivity contribution in [1.82, 2.24) is 0 Å². The molecule has 1 aliphatic rings. The van der Waals surface area contributed by atoms with Crippen molar-refractivity contribution < 1.29 is 19.6 Å². The van der Waals surface area contributed by atoms with Crippen LogP contribution >= 0.6 is 0 Å². The number of hydrogen-bond donors (Lipinski definition) is 1. The molecule has 1 aromatic carbocycles. The molecule has 1 amide bonds. The van der Waals surface area contributed by atoms with Gasteiger partial charge in [0.2, 0.25) is 0 Å². The van der Waals surface area contributed by atoms with Gasteiger partial charge in [0.05, 0.1) is 22.8 Å². The van der Waals surface area contributed by atoms with Crippen molar-refractivity contribution in [2.45, 2.75) is 26.0 Å². The number of benzene rings is 1. The van der Waals surface area contributed by atoms with Crippen molar-refractivity contribution in [2.75, 3.05) is 11.5 Å². The van der Waals surface area contributed by atoms with Gasteiger partial charge in [-0.05, 0) is 19.9 Å². The Morgan fingerprint density at radius 3 is 2.74 bits per heavy atom. The predicted molar refractivity (Wildman–Crippen MR) is 67.2 cm³/mol. The highest BCUT2D eigenvalue weighted by molar-refractivity contribution is 5.98. The van der Waals surface area contributed by atoms with E-state index in [0.29, 0.717) is 11.4 Å². The molecule has 0 radical (unpaired) electrons. The average molecular weight is 266 g/mol. The lowest BCUT2D eigenvalue weighted by atomic mass is 10.1. The summed E-state index contributed by atoms with van der Waals surface area (Å²) in [5, 5.41) is 20.4. The summed E-state index contributed by atoms with van der Waals surface area (Å²) in [6.45, 7) is 3.10. The van der Waals surface area contributed by atoms with E-state index in [4.69, 9.17) is 4.74 Å². The third-order valence-electron chi connectivity index (χ3n) is 3.14. The Morgan fingerprint density at radius 2 is 2.16 bits per heavy atom. The number of aliphatic hydroxyl groups excluding tert-OH is 1. The van der Waals surface area contributed by atoms with Crippen LogP contribution in [0, 0.1) is 10.1 Å². The topological polar surface area (TPSA) is 92.9 Å². The number of hydrogen-bond acceptors (Lipinski definition) is 5. The molecular formula is C12H14N2O5. The summed E-state index contributed by atoms with van der Waals surface area (Å²) in [4.78, 5) is 23.5. The second-order valence-electron chi connectivity index (χ2n) is 4.44. The highest BCUT2D eigenvalue weighted by atomic mass is 16.6. The molecule has 1 aliphatic heterocycles. The highest BCUT2D eigenvalue weighted by Crippen LogP contribution is 2.36.